The van der Waals surface area contributed by atoms with E-state index in [2.05, 4.69) is 5.32 Å². The molecule has 5 nitrogen and oxygen atoms in total. The summed E-state index contributed by atoms with van der Waals surface area (Å²) in [5.41, 5.74) is 7.68. The van der Waals surface area contributed by atoms with Gasteiger partial charge in [0.2, 0.25) is 5.91 Å². The summed E-state index contributed by atoms with van der Waals surface area (Å²) in [6.45, 7) is 0. The quantitative estimate of drug-likeness (QED) is 0.828. The van der Waals surface area contributed by atoms with Gasteiger partial charge in [-0.05, 0) is 18.2 Å². The van der Waals surface area contributed by atoms with Crippen LogP contribution in [0.2, 0.25) is 0 Å². The molecule has 0 spiro atoms. The summed E-state index contributed by atoms with van der Waals surface area (Å²) in [7, 11) is 3.12. The number of carbonyl (C=O) groups excluding carboxylic acids is 1. The van der Waals surface area contributed by atoms with Gasteiger partial charge in [0.05, 0.1) is 26.3 Å². The van der Waals surface area contributed by atoms with Crippen molar-refractivity contribution in [3.63, 3.8) is 0 Å². The minimum Gasteiger partial charge on any atom is -0.496 e. The SMILES string of the molecule is COc1ccccc1CC(=O)Nc1ccc(N)cc1OC. The summed E-state index contributed by atoms with van der Waals surface area (Å²) >= 11 is 0. The molecule has 0 aliphatic heterocycles. The van der Waals surface area contributed by atoms with Crippen molar-refractivity contribution in [3.05, 3.63) is 48.0 Å². The van der Waals surface area contributed by atoms with E-state index in [1.54, 1.807) is 25.3 Å². The lowest BCUT2D eigenvalue weighted by Crippen LogP contribution is -2.15. The topological polar surface area (TPSA) is 73.6 Å². The first-order chi connectivity index (χ1) is 10.1. The van der Waals surface area contributed by atoms with Crippen molar-refractivity contribution >= 4 is 17.3 Å². The van der Waals surface area contributed by atoms with Crippen LogP contribution in [0.1, 0.15) is 5.56 Å². The molecule has 0 aliphatic carbocycles. The molecule has 0 aromatic heterocycles. The maximum absolute atomic E-state index is 12.1. The molecular weight excluding hydrogens is 268 g/mol. The van der Waals surface area contributed by atoms with Crippen LogP contribution in [-0.2, 0) is 11.2 Å². The molecule has 0 radical (unpaired) electrons. The van der Waals surface area contributed by atoms with Gasteiger partial charge in [-0.3, -0.25) is 4.79 Å². The Kier molecular flexibility index (Phi) is 4.66. The summed E-state index contributed by atoms with van der Waals surface area (Å²) in [5.74, 6) is 1.07. The molecule has 110 valence electrons. The minimum absolute atomic E-state index is 0.150. The van der Waals surface area contributed by atoms with Crippen LogP contribution in [0.25, 0.3) is 0 Å². The Morgan fingerprint density at radius 1 is 1.10 bits per heavy atom. The van der Waals surface area contributed by atoms with Crippen LogP contribution < -0.4 is 20.5 Å². The highest BCUT2D eigenvalue weighted by molar-refractivity contribution is 5.94. The Balaban J connectivity index is 2.12. The van der Waals surface area contributed by atoms with E-state index in [1.165, 1.54) is 7.11 Å². The van der Waals surface area contributed by atoms with Gasteiger partial charge < -0.3 is 20.5 Å². The zero-order chi connectivity index (χ0) is 15.2. The van der Waals surface area contributed by atoms with Gasteiger partial charge in [0.1, 0.15) is 11.5 Å². The van der Waals surface area contributed by atoms with E-state index >= 15 is 0 Å². The molecule has 0 heterocycles. The smallest absolute Gasteiger partial charge is 0.229 e. The first-order valence-corrected chi connectivity index (χ1v) is 6.49. The van der Waals surface area contributed by atoms with Gasteiger partial charge >= 0.3 is 0 Å². The molecule has 0 bridgehead atoms. The summed E-state index contributed by atoms with van der Waals surface area (Å²) in [5, 5.41) is 2.81. The number of amides is 1. The summed E-state index contributed by atoms with van der Waals surface area (Å²) in [4.78, 5) is 12.1. The van der Waals surface area contributed by atoms with E-state index in [-0.39, 0.29) is 12.3 Å². The highest BCUT2D eigenvalue weighted by Gasteiger charge is 2.11. The number of hydrogen-bond acceptors (Lipinski definition) is 4. The number of nitrogens with one attached hydrogen (secondary N) is 1. The Morgan fingerprint density at radius 2 is 1.81 bits per heavy atom. The standard InChI is InChI=1S/C16H18N2O3/c1-20-14-6-4-3-5-11(14)9-16(19)18-13-8-7-12(17)10-15(13)21-2/h3-8,10H,9,17H2,1-2H3,(H,18,19). The Labute approximate surface area is 123 Å². The molecule has 0 unspecified atom stereocenters. The van der Waals surface area contributed by atoms with Crippen LogP contribution in [-0.4, -0.2) is 20.1 Å². The third-order valence-corrected chi connectivity index (χ3v) is 3.04. The fraction of sp³-hybridized carbons (Fsp3) is 0.188. The van der Waals surface area contributed by atoms with Crippen LogP contribution in [0, 0.1) is 0 Å². The normalized spacial score (nSPS) is 10.0. The van der Waals surface area contributed by atoms with E-state index in [4.69, 9.17) is 15.2 Å². The number of hydrogen-bond donors (Lipinski definition) is 2. The second-order valence-corrected chi connectivity index (χ2v) is 4.50. The molecule has 2 rings (SSSR count). The molecule has 0 saturated carbocycles. The summed E-state index contributed by atoms with van der Waals surface area (Å²) in [6.07, 6.45) is 0.220. The van der Waals surface area contributed by atoms with Crippen LogP contribution in [0.3, 0.4) is 0 Å². The van der Waals surface area contributed by atoms with Crippen LogP contribution in [0.15, 0.2) is 42.5 Å². The lowest BCUT2D eigenvalue weighted by atomic mass is 10.1. The fourth-order valence-corrected chi connectivity index (χ4v) is 2.03. The Morgan fingerprint density at radius 3 is 2.52 bits per heavy atom. The first kappa shape index (κ1) is 14.7. The molecule has 0 fully saturated rings. The zero-order valence-corrected chi connectivity index (χ0v) is 12.1. The second kappa shape index (κ2) is 6.65. The van der Waals surface area contributed by atoms with Crippen LogP contribution in [0.4, 0.5) is 11.4 Å². The van der Waals surface area contributed by atoms with Crippen molar-refractivity contribution < 1.29 is 14.3 Å². The Hall–Kier alpha value is -2.69. The molecule has 2 aromatic rings. The van der Waals surface area contributed by atoms with Crippen molar-refractivity contribution in [3.8, 4) is 11.5 Å². The molecule has 3 N–H and O–H groups in total. The van der Waals surface area contributed by atoms with Gasteiger partial charge in [-0.15, -0.1) is 0 Å². The van der Waals surface area contributed by atoms with Gasteiger partial charge in [-0.1, -0.05) is 18.2 Å². The highest BCUT2D eigenvalue weighted by atomic mass is 16.5. The fourth-order valence-electron chi connectivity index (χ4n) is 2.03. The Bertz CT molecular complexity index is 641. The van der Waals surface area contributed by atoms with Crippen LogP contribution >= 0.6 is 0 Å². The molecular formula is C16H18N2O3. The first-order valence-electron chi connectivity index (χ1n) is 6.49. The number of anilines is 2. The van der Waals surface area contributed by atoms with E-state index in [1.807, 2.05) is 24.3 Å². The lowest BCUT2D eigenvalue weighted by Gasteiger charge is -2.12. The zero-order valence-electron chi connectivity index (χ0n) is 12.1. The van der Waals surface area contributed by atoms with Crippen molar-refractivity contribution in [2.24, 2.45) is 0 Å². The number of methoxy groups -OCH3 is 2. The van der Waals surface area contributed by atoms with E-state index < -0.39 is 0 Å². The second-order valence-electron chi connectivity index (χ2n) is 4.50. The van der Waals surface area contributed by atoms with Crippen molar-refractivity contribution in [1.82, 2.24) is 0 Å². The van der Waals surface area contributed by atoms with Crippen LogP contribution in [0.5, 0.6) is 11.5 Å². The van der Waals surface area contributed by atoms with E-state index in [0.717, 1.165) is 5.56 Å². The third-order valence-electron chi connectivity index (χ3n) is 3.04. The third kappa shape index (κ3) is 3.66. The van der Waals surface area contributed by atoms with Gasteiger partial charge in [0.15, 0.2) is 0 Å². The van der Waals surface area contributed by atoms with Gasteiger partial charge in [0, 0.05) is 17.3 Å². The van der Waals surface area contributed by atoms with Gasteiger partial charge in [-0.2, -0.15) is 0 Å². The average molecular weight is 286 g/mol. The molecule has 1 amide bonds. The molecule has 0 aliphatic rings. The van der Waals surface area contributed by atoms with E-state index in [9.17, 15) is 4.79 Å². The molecule has 21 heavy (non-hydrogen) atoms. The molecule has 5 heteroatoms. The van der Waals surface area contributed by atoms with Crippen molar-refractivity contribution in [2.75, 3.05) is 25.3 Å². The van der Waals surface area contributed by atoms with Gasteiger partial charge in [-0.25, -0.2) is 0 Å². The summed E-state index contributed by atoms with van der Waals surface area (Å²) < 4.78 is 10.4. The maximum atomic E-state index is 12.1. The maximum Gasteiger partial charge on any atom is 0.229 e. The van der Waals surface area contributed by atoms with E-state index in [0.29, 0.717) is 22.9 Å². The average Bonchev–Trinajstić information content (AvgIpc) is 2.49. The molecule has 0 saturated heterocycles. The number of ether oxygens (including phenoxy) is 2. The summed E-state index contributed by atoms with van der Waals surface area (Å²) in [6, 6.07) is 12.5. The number of nitrogen functional groups attached to an aromatic ring is 1. The number of benzene rings is 2. The number of carbonyl (C=O) groups is 1. The predicted molar refractivity (Wildman–Crippen MR) is 82.7 cm³/mol. The van der Waals surface area contributed by atoms with Crippen molar-refractivity contribution in [2.45, 2.75) is 6.42 Å². The minimum atomic E-state index is -0.150. The molecule has 0 atom stereocenters. The predicted octanol–water partition coefficient (Wildman–Crippen LogP) is 2.47. The van der Waals surface area contributed by atoms with Crippen molar-refractivity contribution in [1.29, 1.82) is 0 Å². The lowest BCUT2D eigenvalue weighted by molar-refractivity contribution is -0.115. The highest BCUT2D eigenvalue weighted by Crippen LogP contribution is 2.27. The number of para-hydroxylation sites is 1. The number of nitrogens with two attached hydrogens (primary N) is 1. The number of rotatable bonds is 5. The molecule has 2 aromatic carbocycles. The largest absolute Gasteiger partial charge is 0.496 e. The van der Waals surface area contributed by atoms with Gasteiger partial charge in [0.25, 0.3) is 0 Å². The monoisotopic (exact) mass is 286 g/mol.